The summed E-state index contributed by atoms with van der Waals surface area (Å²) in [5, 5.41) is 13.1. The molecule has 204 valence electrons. The third-order valence-electron chi connectivity index (χ3n) is 7.05. The molecule has 3 aliphatic rings. The van der Waals surface area contributed by atoms with Crippen LogP contribution in [0.4, 0.5) is 0 Å². The number of aliphatic hydroxyl groups is 1. The minimum Gasteiger partial charge on any atom is -0.394 e. The quantitative estimate of drug-likeness (QED) is 0.182. The summed E-state index contributed by atoms with van der Waals surface area (Å²) in [6, 6.07) is -0.480. The molecule has 4 N–H and O–H groups in total. The second-order valence-corrected chi connectivity index (χ2v) is 10.5. The van der Waals surface area contributed by atoms with Crippen molar-refractivity contribution in [3.63, 3.8) is 0 Å². The van der Waals surface area contributed by atoms with E-state index in [2.05, 4.69) is 42.8 Å². The smallest absolute Gasteiger partial charge is 0.256 e. The number of aliphatic imine (C=N–C) groups is 1. The van der Waals surface area contributed by atoms with E-state index < -0.39 is 6.04 Å². The van der Waals surface area contributed by atoms with Crippen LogP contribution < -0.4 is 11.1 Å². The average molecular weight is 509 g/mol. The number of carbonyl (C=O) groups excluding carboxylic acids is 1. The summed E-state index contributed by atoms with van der Waals surface area (Å²) in [4.78, 5) is 19.5. The molecule has 1 aliphatic carbocycles. The summed E-state index contributed by atoms with van der Waals surface area (Å²) < 4.78 is 0. The van der Waals surface area contributed by atoms with Gasteiger partial charge in [0.1, 0.15) is 11.9 Å². The van der Waals surface area contributed by atoms with Gasteiger partial charge in [0.05, 0.1) is 6.61 Å². The van der Waals surface area contributed by atoms with E-state index in [9.17, 15) is 9.90 Å². The monoisotopic (exact) mass is 508 g/mol. The molecule has 3 rings (SSSR count). The van der Waals surface area contributed by atoms with Crippen LogP contribution in [0.15, 0.2) is 75.1 Å². The highest BCUT2D eigenvalue weighted by molar-refractivity contribution is 6.06. The lowest BCUT2D eigenvalue weighted by Crippen LogP contribution is -2.33. The van der Waals surface area contributed by atoms with E-state index in [1.807, 2.05) is 46.8 Å². The first-order valence-corrected chi connectivity index (χ1v) is 13.8. The normalized spacial score (nSPS) is 24.2. The highest BCUT2D eigenvalue weighted by atomic mass is 16.3. The molecule has 6 nitrogen and oxygen atoms in total. The van der Waals surface area contributed by atoms with Crippen molar-refractivity contribution in [3.8, 4) is 0 Å². The summed E-state index contributed by atoms with van der Waals surface area (Å²) >= 11 is 0. The molecule has 3 unspecified atom stereocenters. The van der Waals surface area contributed by atoms with E-state index in [4.69, 9.17) is 10.7 Å². The number of hydrogen-bond donors (Lipinski definition) is 3. The summed E-state index contributed by atoms with van der Waals surface area (Å²) in [6.07, 6.45) is 12.5. The maximum atomic E-state index is 12.6. The number of allylic oxidation sites excluding steroid dienone is 6. The Kier molecular flexibility index (Phi) is 11.6. The number of aliphatic hydroxyl groups excluding tert-OH is 1. The van der Waals surface area contributed by atoms with Gasteiger partial charge in [0.15, 0.2) is 0 Å². The standard InChI is InChI=1S/C29H42N4O2.C2H6/c1-18(2)23(15-21(5)16-25-24-14-20(4)9-10-26(24)32-29(25)35)28(30)31-27(17-34)22(6)33-12-7-8-19(3)11-13-33;1-2/h10,14-16,19-20,27,34H,6-9,11-13,17H2,1-5H3,(H2,30,31)(H,32,35);1-2H3/b21-15+,25-16-;. The van der Waals surface area contributed by atoms with E-state index in [1.54, 1.807) is 0 Å². The fourth-order valence-electron chi connectivity index (χ4n) is 4.86. The van der Waals surface area contributed by atoms with Crippen LogP contribution >= 0.6 is 0 Å². The zero-order valence-corrected chi connectivity index (χ0v) is 24.0. The van der Waals surface area contributed by atoms with Crippen molar-refractivity contribution in [1.29, 1.82) is 0 Å². The molecule has 1 amide bonds. The molecular weight excluding hydrogens is 460 g/mol. The number of rotatable bonds is 7. The Balaban J connectivity index is 0.00000235. The molecule has 3 atom stereocenters. The summed E-state index contributed by atoms with van der Waals surface area (Å²) in [5.74, 6) is 1.40. The largest absolute Gasteiger partial charge is 0.394 e. The topological polar surface area (TPSA) is 91.0 Å². The maximum Gasteiger partial charge on any atom is 0.256 e. The van der Waals surface area contributed by atoms with Crippen LogP contribution in [0.1, 0.15) is 74.1 Å². The van der Waals surface area contributed by atoms with E-state index >= 15 is 0 Å². The minimum atomic E-state index is -0.480. The number of likely N-dealkylation sites (tertiary alicyclic amines) is 1. The van der Waals surface area contributed by atoms with Gasteiger partial charge in [-0.1, -0.05) is 52.0 Å². The van der Waals surface area contributed by atoms with Crippen molar-refractivity contribution >= 4 is 11.7 Å². The number of amidine groups is 1. The SMILES string of the molecule is C=C(C(CO)N=C(N)C(/C=C(C)/C=C1\C(=O)NC2=CCC(C)C=C21)=C(C)C)N1CCCC(C)CC1.CC. The number of carbonyl (C=O) groups is 1. The molecule has 2 saturated heterocycles. The van der Waals surface area contributed by atoms with Gasteiger partial charge in [0.2, 0.25) is 0 Å². The van der Waals surface area contributed by atoms with Crippen molar-refractivity contribution < 1.29 is 9.90 Å². The van der Waals surface area contributed by atoms with Crippen molar-refractivity contribution in [1.82, 2.24) is 10.2 Å². The lowest BCUT2D eigenvalue weighted by Gasteiger charge is -2.28. The van der Waals surface area contributed by atoms with Crippen LogP contribution in [0.2, 0.25) is 0 Å². The second-order valence-electron chi connectivity index (χ2n) is 10.5. The zero-order chi connectivity index (χ0) is 27.7. The molecule has 0 aromatic heterocycles. The van der Waals surface area contributed by atoms with Gasteiger partial charge in [-0.15, -0.1) is 0 Å². The molecule has 6 heteroatoms. The molecular formula is C31H48N4O2. The van der Waals surface area contributed by atoms with Crippen molar-refractivity contribution in [2.24, 2.45) is 22.6 Å². The molecule has 0 aromatic rings. The van der Waals surface area contributed by atoms with E-state index in [0.29, 0.717) is 23.2 Å². The van der Waals surface area contributed by atoms with Crippen molar-refractivity contribution in [2.75, 3.05) is 19.7 Å². The maximum absolute atomic E-state index is 12.6. The van der Waals surface area contributed by atoms with Crippen LogP contribution in [-0.4, -0.2) is 47.5 Å². The molecule has 0 saturated carbocycles. The van der Waals surface area contributed by atoms with Gasteiger partial charge in [0.25, 0.3) is 5.91 Å². The fraction of sp³-hybridized carbons (Fsp3) is 0.548. The fourth-order valence-corrected chi connectivity index (χ4v) is 4.86. The number of hydrogen-bond acceptors (Lipinski definition) is 4. The van der Waals surface area contributed by atoms with Gasteiger partial charge < -0.3 is 21.1 Å². The minimum absolute atomic E-state index is 0.0758. The zero-order valence-electron chi connectivity index (χ0n) is 24.0. The average Bonchev–Trinajstić information content (AvgIpc) is 3.02. The highest BCUT2D eigenvalue weighted by Crippen LogP contribution is 2.32. The number of nitrogens with zero attached hydrogens (tertiary/aromatic N) is 2. The first kappa shape index (κ1) is 30.4. The van der Waals surface area contributed by atoms with Crippen LogP contribution in [-0.2, 0) is 4.79 Å². The van der Waals surface area contributed by atoms with Gasteiger partial charge in [-0.3, -0.25) is 9.79 Å². The second kappa shape index (κ2) is 14.2. The Bertz CT molecular complexity index is 1040. The van der Waals surface area contributed by atoms with Gasteiger partial charge in [-0.2, -0.15) is 0 Å². The first-order chi connectivity index (χ1) is 17.6. The third-order valence-corrected chi connectivity index (χ3v) is 7.05. The van der Waals surface area contributed by atoms with Crippen molar-refractivity contribution in [3.05, 3.63) is 70.1 Å². The Morgan fingerprint density at radius 2 is 1.97 bits per heavy atom. The lowest BCUT2D eigenvalue weighted by atomic mass is 9.92. The number of nitrogens with one attached hydrogen (secondary N) is 1. The van der Waals surface area contributed by atoms with Gasteiger partial charge in [0, 0.05) is 41.2 Å². The summed E-state index contributed by atoms with van der Waals surface area (Å²) in [7, 11) is 0. The van der Waals surface area contributed by atoms with Gasteiger partial charge in [-0.05, 0) is 76.0 Å². The number of fused-ring (bicyclic) bond motifs is 1. The molecule has 2 fully saturated rings. The predicted octanol–water partition coefficient (Wildman–Crippen LogP) is 5.56. The molecule has 2 heterocycles. The van der Waals surface area contributed by atoms with Crippen molar-refractivity contribution in [2.45, 2.75) is 80.2 Å². The molecule has 0 bridgehead atoms. The predicted molar refractivity (Wildman–Crippen MR) is 156 cm³/mol. The third kappa shape index (κ3) is 8.06. The summed E-state index contributed by atoms with van der Waals surface area (Å²) in [6.45, 7) is 20.4. The highest BCUT2D eigenvalue weighted by Gasteiger charge is 2.29. The first-order valence-electron chi connectivity index (χ1n) is 13.8. The molecule has 0 spiro atoms. The van der Waals surface area contributed by atoms with Crippen LogP contribution in [0.3, 0.4) is 0 Å². The summed E-state index contributed by atoms with van der Waals surface area (Å²) in [5.41, 5.74) is 12.6. The molecule has 0 aromatic carbocycles. The number of nitrogens with two attached hydrogens (primary N) is 1. The Labute approximate surface area is 224 Å². The molecule has 2 aliphatic heterocycles. The van der Waals surface area contributed by atoms with Crippen LogP contribution in [0.5, 0.6) is 0 Å². The Morgan fingerprint density at radius 1 is 1.27 bits per heavy atom. The van der Waals surface area contributed by atoms with E-state index in [1.165, 1.54) is 6.42 Å². The van der Waals surface area contributed by atoms with E-state index in [-0.39, 0.29) is 12.5 Å². The number of amides is 1. The van der Waals surface area contributed by atoms with Crippen LogP contribution in [0.25, 0.3) is 0 Å². The molecule has 0 radical (unpaired) electrons. The van der Waals surface area contributed by atoms with E-state index in [0.717, 1.165) is 66.0 Å². The molecule has 37 heavy (non-hydrogen) atoms. The van der Waals surface area contributed by atoms with Gasteiger partial charge in [-0.25, -0.2) is 0 Å². The Morgan fingerprint density at radius 3 is 2.62 bits per heavy atom. The van der Waals surface area contributed by atoms with Crippen LogP contribution in [0, 0.1) is 11.8 Å². The Hall–Kier alpha value is -2.86. The lowest BCUT2D eigenvalue weighted by molar-refractivity contribution is -0.115. The van der Waals surface area contributed by atoms with Gasteiger partial charge >= 0.3 is 0 Å².